The molecule has 1 amide bonds. The summed E-state index contributed by atoms with van der Waals surface area (Å²) in [4.78, 5) is 37.9. The number of hydrogen-bond donors (Lipinski definition) is 0. The number of fused-ring (bicyclic) bond motifs is 1. The van der Waals surface area contributed by atoms with E-state index in [2.05, 4.69) is 15.9 Å². The Kier molecular flexibility index (Phi) is 3.69. The lowest BCUT2D eigenvalue weighted by atomic mass is 10.1. The van der Waals surface area contributed by atoms with Gasteiger partial charge in [0.2, 0.25) is 0 Å². The second kappa shape index (κ2) is 5.36. The minimum atomic E-state index is -0.701. The van der Waals surface area contributed by atoms with E-state index in [0.29, 0.717) is 20.1 Å². The fourth-order valence-corrected chi connectivity index (χ4v) is 3.82. The lowest BCUT2D eigenvalue weighted by Gasteiger charge is -2.15. The van der Waals surface area contributed by atoms with Crippen molar-refractivity contribution < 1.29 is 14.4 Å². The molecule has 106 valence electrons. The molecule has 0 atom stereocenters. The Bertz CT molecular complexity index is 786. The zero-order chi connectivity index (χ0) is 15.1. The van der Waals surface area contributed by atoms with Crippen LogP contribution in [0.25, 0.3) is 0 Å². The molecule has 4 nitrogen and oxygen atoms in total. The normalized spacial score (nSPS) is 13.7. The Labute approximate surface area is 137 Å². The average molecular weight is 385 g/mol. The van der Waals surface area contributed by atoms with Crippen LogP contribution in [0.4, 0.5) is 5.69 Å². The standard InChI is InChI=1S/C14H7BrClNO3S/c15-9-3-4-21-13(9)11(18)6-17-10-5-7(16)1-2-8(10)12(19)14(17)20/h1-5H,6H2. The van der Waals surface area contributed by atoms with Gasteiger partial charge in [0.25, 0.3) is 11.7 Å². The molecule has 0 spiro atoms. The quantitative estimate of drug-likeness (QED) is 0.600. The zero-order valence-corrected chi connectivity index (χ0v) is 13.6. The van der Waals surface area contributed by atoms with Crippen molar-refractivity contribution in [1.82, 2.24) is 0 Å². The van der Waals surface area contributed by atoms with Gasteiger partial charge in [0, 0.05) is 9.50 Å². The molecule has 21 heavy (non-hydrogen) atoms. The topological polar surface area (TPSA) is 54.5 Å². The van der Waals surface area contributed by atoms with Gasteiger partial charge in [-0.25, -0.2) is 0 Å². The third-order valence-electron chi connectivity index (χ3n) is 3.11. The summed E-state index contributed by atoms with van der Waals surface area (Å²) in [5.41, 5.74) is 0.668. The number of amides is 1. The summed E-state index contributed by atoms with van der Waals surface area (Å²) in [5, 5.41) is 2.19. The first kappa shape index (κ1) is 14.4. The summed E-state index contributed by atoms with van der Waals surface area (Å²) in [6, 6.07) is 6.34. The van der Waals surface area contributed by atoms with Crippen LogP contribution in [0.1, 0.15) is 20.0 Å². The number of hydrogen-bond acceptors (Lipinski definition) is 4. The number of nitrogens with zero attached hydrogens (tertiary/aromatic N) is 1. The van der Waals surface area contributed by atoms with E-state index in [0.717, 1.165) is 0 Å². The predicted octanol–water partition coefficient (Wildman–Crippen LogP) is 3.58. The van der Waals surface area contributed by atoms with Gasteiger partial charge in [-0.1, -0.05) is 11.6 Å². The molecule has 0 bridgehead atoms. The molecule has 1 aromatic carbocycles. The van der Waals surface area contributed by atoms with Gasteiger partial charge in [-0.15, -0.1) is 11.3 Å². The Morgan fingerprint density at radius 3 is 2.71 bits per heavy atom. The molecule has 2 heterocycles. The molecule has 0 fully saturated rings. The molecule has 7 heteroatoms. The third-order valence-corrected chi connectivity index (χ3v) is 5.22. The highest BCUT2D eigenvalue weighted by Gasteiger charge is 2.37. The first-order valence-corrected chi connectivity index (χ1v) is 7.96. The smallest absolute Gasteiger partial charge is 0.297 e. The summed E-state index contributed by atoms with van der Waals surface area (Å²) in [6.45, 7) is -0.184. The number of anilines is 1. The molecule has 0 N–H and O–H groups in total. The first-order chi connectivity index (χ1) is 9.99. The lowest BCUT2D eigenvalue weighted by molar-refractivity contribution is -0.114. The molecule has 0 saturated heterocycles. The van der Waals surface area contributed by atoms with Crippen LogP contribution in [0.2, 0.25) is 5.02 Å². The Hall–Kier alpha value is -1.50. The molecule has 0 radical (unpaired) electrons. The number of ketones is 2. The molecule has 0 aliphatic carbocycles. The number of carbonyl (C=O) groups is 3. The maximum absolute atomic E-state index is 12.3. The summed E-state index contributed by atoms with van der Waals surface area (Å²) in [6.07, 6.45) is 0. The summed E-state index contributed by atoms with van der Waals surface area (Å²) in [7, 11) is 0. The minimum absolute atomic E-state index is 0.184. The number of thiophene rings is 1. The largest absolute Gasteiger partial charge is 0.299 e. The van der Waals surface area contributed by atoms with Crippen molar-refractivity contribution in [2.75, 3.05) is 11.4 Å². The number of Topliss-reactive ketones (excluding diaryl/α,β-unsaturated/α-hetero) is 2. The molecule has 1 aliphatic heterocycles. The van der Waals surface area contributed by atoms with E-state index in [4.69, 9.17) is 11.6 Å². The van der Waals surface area contributed by atoms with Gasteiger partial charge in [0.15, 0.2) is 5.78 Å². The number of benzene rings is 1. The van der Waals surface area contributed by atoms with Gasteiger partial charge >= 0.3 is 0 Å². The van der Waals surface area contributed by atoms with E-state index >= 15 is 0 Å². The summed E-state index contributed by atoms with van der Waals surface area (Å²) < 4.78 is 0.682. The first-order valence-electron chi connectivity index (χ1n) is 5.91. The van der Waals surface area contributed by atoms with Gasteiger partial charge in [0.1, 0.15) is 0 Å². The van der Waals surface area contributed by atoms with Crippen LogP contribution in [0.3, 0.4) is 0 Å². The molecule has 1 aromatic heterocycles. The SMILES string of the molecule is O=C1C(=O)N(CC(=O)c2sccc2Br)c2cc(Cl)ccc21. The van der Waals surface area contributed by atoms with Crippen LogP contribution in [0.15, 0.2) is 34.1 Å². The van der Waals surface area contributed by atoms with Crippen molar-refractivity contribution >= 4 is 62.0 Å². The van der Waals surface area contributed by atoms with E-state index in [1.54, 1.807) is 17.5 Å². The molecular formula is C14H7BrClNO3S. The zero-order valence-electron chi connectivity index (χ0n) is 10.4. The van der Waals surface area contributed by atoms with Crippen molar-refractivity contribution in [2.24, 2.45) is 0 Å². The Balaban J connectivity index is 1.95. The van der Waals surface area contributed by atoms with Crippen LogP contribution in [0, 0.1) is 0 Å². The monoisotopic (exact) mass is 383 g/mol. The highest BCUT2D eigenvalue weighted by Crippen LogP contribution is 2.32. The van der Waals surface area contributed by atoms with Crippen molar-refractivity contribution in [3.8, 4) is 0 Å². The van der Waals surface area contributed by atoms with E-state index in [9.17, 15) is 14.4 Å². The highest BCUT2D eigenvalue weighted by atomic mass is 79.9. The summed E-state index contributed by atoms with van der Waals surface area (Å²) >= 11 is 10.5. The molecule has 0 saturated carbocycles. The second-order valence-electron chi connectivity index (χ2n) is 4.40. The minimum Gasteiger partial charge on any atom is -0.297 e. The van der Waals surface area contributed by atoms with E-state index < -0.39 is 11.7 Å². The van der Waals surface area contributed by atoms with Gasteiger partial charge < -0.3 is 0 Å². The number of halogens is 2. The number of rotatable bonds is 3. The van der Waals surface area contributed by atoms with Gasteiger partial charge in [-0.05, 0) is 45.6 Å². The van der Waals surface area contributed by atoms with Gasteiger partial charge in [0.05, 0.1) is 22.7 Å². The van der Waals surface area contributed by atoms with Crippen LogP contribution < -0.4 is 4.90 Å². The Morgan fingerprint density at radius 2 is 2.05 bits per heavy atom. The highest BCUT2D eigenvalue weighted by molar-refractivity contribution is 9.10. The van der Waals surface area contributed by atoms with E-state index in [1.165, 1.54) is 28.4 Å². The molecule has 1 aliphatic rings. The van der Waals surface area contributed by atoms with E-state index in [1.807, 2.05) is 0 Å². The predicted molar refractivity (Wildman–Crippen MR) is 84.5 cm³/mol. The molecule has 0 unspecified atom stereocenters. The van der Waals surface area contributed by atoms with Crippen molar-refractivity contribution in [1.29, 1.82) is 0 Å². The number of carbonyl (C=O) groups excluding carboxylic acids is 3. The van der Waals surface area contributed by atoms with Crippen molar-refractivity contribution in [2.45, 2.75) is 0 Å². The van der Waals surface area contributed by atoms with Crippen LogP contribution >= 0.6 is 38.9 Å². The van der Waals surface area contributed by atoms with Crippen LogP contribution in [-0.2, 0) is 4.79 Å². The molecule has 2 aromatic rings. The van der Waals surface area contributed by atoms with Gasteiger partial charge in [-0.2, -0.15) is 0 Å². The maximum Gasteiger partial charge on any atom is 0.299 e. The van der Waals surface area contributed by atoms with Crippen molar-refractivity contribution in [3.63, 3.8) is 0 Å². The molecule has 3 rings (SSSR count). The van der Waals surface area contributed by atoms with Crippen LogP contribution in [0.5, 0.6) is 0 Å². The van der Waals surface area contributed by atoms with E-state index in [-0.39, 0.29) is 17.9 Å². The van der Waals surface area contributed by atoms with Gasteiger partial charge in [-0.3, -0.25) is 19.3 Å². The maximum atomic E-state index is 12.3. The molecular weight excluding hydrogens is 378 g/mol. The summed E-state index contributed by atoms with van der Waals surface area (Å²) in [5.74, 6) is -1.54. The fourth-order valence-electron chi connectivity index (χ4n) is 2.13. The third kappa shape index (κ3) is 2.43. The Morgan fingerprint density at radius 1 is 1.29 bits per heavy atom. The second-order valence-corrected chi connectivity index (χ2v) is 6.61. The average Bonchev–Trinajstić information content (AvgIpc) is 2.97. The van der Waals surface area contributed by atoms with Crippen molar-refractivity contribution in [3.05, 3.63) is 49.6 Å². The lowest BCUT2D eigenvalue weighted by Crippen LogP contribution is -2.34. The fraction of sp³-hybridized carbons (Fsp3) is 0.0714. The van der Waals surface area contributed by atoms with Crippen LogP contribution in [-0.4, -0.2) is 24.0 Å².